The van der Waals surface area contributed by atoms with Crippen LogP contribution in [-0.4, -0.2) is 6.54 Å². The van der Waals surface area contributed by atoms with Crippen LogP contribution in [0.25, 0.3) is 10.4 Å². The van der Waals surface area contributed by atoms with E-state index < -0.39 is 0 Å². The van der Waals surface area contributed by atoms with E-state index in [-0.39, 0.29) is 0 Å². The van der Waals surface area contributed by atoms with Crippen molar-refractivity contribution in [2.75, 3.05) is 6.54 Å². The largest absolute Gasteiger partial charge is 0.309 e. The number of thiophene rings is 1. The Kier molecular flexibility index (Phi) is 5.44. The molecule has 1 aromatic carbocycles. The van der Waals surface area contributed by atoms with Crippen molar-refractivity contribution in [3.63, 3.8) is 0 Å². The van der Waals surface area contributed by atoms with Gasteiger partial charge in [-0.25, -0.2) is 0 Å². The van der Waals surface area contributed by atoms with Gasteiger partial charge >= 0.3 is 0 Å². The van der Waals surface area contributed by atoms with Crippen LogP contribution in [-0.2, 0) is 0 Å². The van der Waals surface area contributed by atoms with Gasteiger partial charge in [-0.05, 0) is 37.6 Å². The van der Waals surface area contributed by atoms with Gasteiger partial charge in [-0.3, -0.25) is 0 Å². The molecule has 2 aromatic rings. The monoisotopic (exact) mass is 293 g/mol. The highest BCUT2D eigenvalue weighted by atomic mass is 35.5. The molecule has 1 aromatic heterocycles. The van der Waals surface area contributed by atoms with E-state index in [1.807, 2.05) is 29.5 Å². The first-order valence-corrected chi connectivity index (χ1v) is 8.03. The maximum atomic E-state index is 6.26. The Morgan fingerprint density at radius 3 is 2.63 bits per heavy atom. The predicted molar refractivity (Wildman–Crippen MR) is 86.1 cm³/mol. The summed E-state index contributed by atoms with van der Waals surface area (Å²) in [4.78, 5) is 2.64. The van der Waals surface area contributed by atoms with Gasteiger partial charge < -0.3 is 5.32 Å². The SMILES string of the molecule is CCCNC(CC)c1ccc(-c2ccccc2Cl)s1. The fourth-order valence-corrected chi connectivity index (χ4v) is 3.61. The molecular formula is C16H20ClNS. The molecule has 1 N–H and O–H groups in total. The number of hydrogen-bond donors (Lipinski definition) is 1. The molecule has 1 atom stereocenters. The van der Waals surface area contributed by atoms with E-state index in [1.54, 1.807) is 0 Å². The van der Waals surface area contributed by atoms with Gasteiger partial charge in [0.25, 0.3) is 0 Å². The van der Waals surface area contributed by atoms with Crippen LogP contribution >= 0.6 is 22.9 Å². The van der Waals surface area contributed by atoms with Crippen LogP contribution in [0, 0.1) is 0 Å². The Morgan fingerprint density at radius 2 is 1.95 bits per heavy atom. The molecule has 0 bridgehead atoms. The van der Waals surface area contributed by atoms with Crippen molar-refractivity contribution < 1.29 is 0 Å². The van der Waals surface area contributed by atoms with Gasteiger partial charge in [0.05, 0.1) is 0 Å². The number of benzene rings is 1. The average molecular weight is 294 g/mol. The van der Waals surface area contributed by atoms with Crippen LogP contribution in [0.5, 0.6) is 0 Å². The summed E-state index contributed by atoms with van der Waals surface area (Å²) in [5.74, 6) is 0. The molecule has 102 valence electrons. The third-order valence-corrected chi connectivity index (χ3v) is 4.72. The van der Waals surface area contributed by atoms with Gasteiger partial charge in [0.15, 0.2) is 0 Å². The highest BCUT2D eigenvalue weighted by molar-refractivity contribution is 7.15. The average Bonchev–Trinajstić information content (AvgIpc) is 2.90. The minimum atomic E-state index is 0.459. The van der Waals surface area contributed by atoms with Crippen LogP contribution in [0.3, 0.4) is 0 Å². The first-order valence-electron chi connectivity index (χ1n) is 6.84. The first kappa shape index (κ1) is 14.6. The molecule has 0 radical (unpaired) electrons. The van der Waals surface area contributed by atoms with Crippen molar-refractivity contribution in [2.45, 2.75) is 32.7 Å². The van der Waals surface area contributed by atoms with Gasteiger partial charge in [-0.1, -0.05) is 43.6 Å². The normalized spacial score (nSPS) is 12.6. The number of nitrogens with one attached hydrogen (secondary N) is 1. The Hall–Kier alpha value is -0.830. The second kappa shape index (κ2) is 7.09. The molecule has 0 aliphatic carbocycles. The van der Waals surface area contributed by atoms with Crippen molar-refractivity contribution in [1.29, 1.82) is 0 Å². The molecular weight excluding hydrogens is 274 g/mol. The molecule has 1 unspecified atom stereocenters. The number of hydrogen-bond acceptors (Lipinski definition) is 2. The zero-order valence-electron chi connectivity index (χ0n) is 11.4. The molecule has 1 nitrogen and oxygen atoms in total. The van der Waals surface area contributed by atoms with Crippen molar-refractivity contribution >= 4 is 22.9 Å². The van der Waals surface area contributed by atoms with Gasteiger partial charge in [0, 0.05) is 26.4 Å². The Balaban J connectivity index is 2.21. The number of rotatable bonds is 6. The van der Waals surface area contributed by atoms with E-state index >= 15 is 0 Å². The summed E-state index contributed by atoms with van der Waals surface area (Å²) in [6.07, 6.45) is 2.28. The minimum absolute atomic E-state index is 0.459. The molecule has 0 spiro atoms. The molecule has 3 heteroatoms. The molecule has 1 heterocycles. The van der Waals surface area contributed by atoms with Crippen molar-refractivity contribution in [2.24, 2.45) is 0 Å². The molecule has 0 fully saturated rings. The van der Waals surface area contributed by atoms with E-state index in [0.717, 1.165) is 23.6 Å². The summed E-state index contributed by atoms with van der Waals surface area (Å²) in [5, 5.41) is 4.42. The quantitative estimate of drug-likeness (QED) is 0.739. The summed E-state index contributed by atoms with van der Waals surface area (Å²) in [6.45, 7) is 5.49. The lowest BCUT2D eigenvalue weighted by Crippen LogP contribution is -2.20. The first-order chi connectivity index (χ1) is 9.26. The van der Waals surface area contributed by atoms with Crippen LogP contribution in [0.4, 0.5) is 0 Å². The van der Waals surface area contributed by atoms with Crippen LogP contribution in [0.1, 0.15) is 37.6 Å². The zero-order valence-corrected chi connectivity index (χ0v) is 13.0. The fraction of sp³-hybridized carbons (Fsp3) is 0.375. The predicted octanol–water partition coefficient (Wildman–Crippen LogP) is 5.52. The van der Waals surface area contributed by atoms with Crippen LogP contribution in [0.15, 0.2) is 36.4 Å². The molecule has 19 heavy (non-hydrogen) atoms. The lowest BCUT2D eigenvalue weighted by Gasteiger charge is -2.14. The Morgan fingerprint density at radius 1 is 1.16 bits per heavy atom. The number of halogens is 1. The lowest BCUT2D eigenvalue weighted by atomic mass is 10.1. The molecule has 0 saturated heterocycles. The summed E-state index contributed by atoms with van der Waals surface area (Å²) < 4.78 is 0. The van der Waals surface area contributed by atoms with Gasteiger partial charge in [0.2, 0.25) is 0 Å². The van der Waals surface area contributed by atoms with Crippen molar-refractivity contribution in [3.05, 3.63) is 46.3 Å². The van der Waals surface area contributed by atoms with E-state index in [0.29, 0.717) is 6.04 Å². The van der Waals surface area contributed by atoms with E-state index in [9.17, 15) is 0 Å². The molecule has 0 aliphatic heterocycles. The third kappa shape index (κ3) is 3.59. The molecule has 0 saturated carbocycles. The molecule has 0 aliphatic rings. The van der Waals surface area contributed by atoms with E-state index in [1.165, 1.54) is 16.2 Å². The van der Waals surface area contributed by atoms with Crippen molar-refractivity contribution in [1.82, 2.24) is 5.32 Å². The summed E-state index contributed by atoms with van der Waals surface area (Å²) in [6, 6.07) is 12.9. The smallest absolute Gasteiger partial charge is 0.0492 e. The second-order valence-electron chi connectivity index (χ2n) is 4.60. The minimum Gasteiger partial charge on any atom is -0.309 e. The topological polar surface area (TPSA) is 12.0 Å². The summed E-state index contributed by atoms with van der Waals surface area (Å²) in [7, 11) is 0. The summed E-state index contributed by atoms with van der Waals surface area (Å²) in [5.41, 5.74) is 1.13. The van der Waals surface area contributed by atoms with Crippen molar-refractivity contribution in [3.8, 4) is 10.4 Å². The van der Waals surface area contributed by atoms with Gasteiger partial charge in [-0.15, -0.1) is 11.3 Å². The second-order valence-corrected chi connectivity index (χ2v) is 6.12. The maximum absolute atomic E-state index is 6.26. The fourth-order valence-electron chi connectivity index (χ4n) is 2.11. The maximum Gasteiger partial charge on any atom is 0.0492 e. The van der Waals surface area contributed by atoms with E-state index in [2.05, 4.69) is 37.4 Å². The lowest BCUT2D eigenvalue weighted by molar-refractivity contribution is 0.525. The standard InChI is InChI=1S/C16H20ClNS/c1-3-11-18-14(4-2)16-10-9-15(19-16)12-7-5-6-8-13(12)17/h5-10,14,18H,3-4,11H2,1-2H3. The third-order valence-electron chi connectivity index (χ3n) is 3.16. The highest BCUT2D eigenvalue weighted by Crippen LogP contribution is 2.35. The zero-order chi connectivity index (χ0) is 13.7. The molecule has 2 rings (SSSR count). The molecule has 0 amide bonds. The Bertz CT molecular complexity index is 521. The van der Waals surface area contributed by atoms with Crippen LogP contribution in [0.2, 0.25) is 5.02 Å². The van der Waals surface area contributed by atoms with Gasteiger partial charge in [0.1, 0.15) is 0 Å². The van der Waals surface area contributed by atoms with Gasteiger partial charge in [-0.2, -0.15) is 0 Å². The summed E-state index contributed by atoms with van der Waals surface area (Å²) >= 11 is 8.09. The Labute approximate surface area is 124 Å². The van der Waals surface area contributed by atoms with Crippen LogP contribution < -0.4 is 5.32 Å². The van der Waals surface area contributed by atoms with E-state index in [4.69, 9.17) is 11.6 Å². The highest BCUT2D eigenvalue weighted by Gasteiger charge is 2.12.